The Morgan fingerprint density at radius 1 is 0.806 bits per heavy atom. The van der Waals surface area contributed by atoms with Crippen LogP contribution in [-0.2, 0) is 22.2 Å². The monoisotopic (exact) mass is 456 g/mol. The lowest BCUT2D eigenvalue weighted by Crippen LogP contribution is -2.26. The molecule has 0 atom stereocenters. The zero-order valence-electron chi connectivity index (χ0n) is 16.9. The van der Waals surface area contributed by atoms with Gasteiger partial charge in [-0.1, -0.05) is 54.6 Å². The molecule has 4 rings (SSSR count). The number of benzene rings is 3. The van der Waals surface area contributed by atoms with Gasteiger partial charge >= 0.3 is 0 Å². The van der Waals surface area contributed by atoms with Crippen molar-refractivity contribution in [1.82, 2.24) is 5.32 Å². The van der Waals surface area contributed by atoms with Crippen molar-refractivity contribution >= 4 is 39.8 Å². The highest BCUT2D eigenvalue weighted by atomic mass is 35.5. The summed E-state index contributed by atoms with van der Waals surface area (Å²) in [7, 11) is -3.45. The number of sulfonamides is 1. The van der Waals surface area contributed by atoms with E-state index in [1.54, 1.807) is 24.3 Å². The first kappa shape index (κ1) is 22.7. The van der Waals surface area contributed by atoms with Gasteiger partial charge in [-0.05, 0) is 47.4 Å². The second-order valence-electron chi connectivity index (χ2n) is 7.20. The second-order valence-corrected chi connectivity index (χ2v) is 8.92. The predicted molar refractivity (Wildman–Crippen MR) is 130 cm³/mol. The molecule has 0 unspecified atom stereocenters. The zero-order valence-corrected chi connectivity index (χ0v) is 18.5. The third-order valence-electron chi connectivity index (χ3n) is 4.73. The Labute approximate surface area is 189 Å². The molecule has 1 aliphatic rings. The van der Waals surface area contributed by atoms with Crippen molar-refractivity contribution in [2.45, 2.75) is 12.2 Å². The van der Waals surface area contributed by atoms with Crippen molar-refractivity contribution in [3.8, 4) is 0 Å². The number of hydrogen-bond donors (Lipinski definition) is 3. The number of halogens is 1. The van der Waals surface area contributed by atoms with Crippen LogP contribution in [0, 0.1) is 0 Å². The fourth-order valence-corrected chi connectivity index (χ4v) is 4.46. The Kier molecular flexibility index (Phi) is 7.55. The third-order valence-corrected chi connectivity index (χ3v) is 5.99. The molecular weight excluding hydrogens is 432 g/mol. The van der Waals surface area contributed by atoms with Crippen LogP contribution in [0.1, 0.15) is 16.7 Å². The van der Waals surface area contributed by atoms with Crippen LogP contribution in [0.25, 0.3) is 0 Å². The van der Waals surface area contributed by atoms with Gasteiger partial charge in [0.2, 0.25) is 10.0 Å². The number of nitrogens with zero attached hydrogens (tertiary/aromatic N) is 1. The maximum atomic E-state index is 12.4. The summed E-state index contributed by atoms with van der Waals surface area (Å²) in [6, 6.07) is 24.9. The van der Waals surface area contributed by atoms with E-state index < -0.39 is 10.0 Å². The molecule has 8 heteroatoms. The standard InChI is InChI=1S/C23H24N4O2S.ClH/c28-30(29,17-20-4-2-1-3-5-20)27-22-12-8-19(9-13-22)16-18-6-10-21(11-7-18)26-23-24-14-15-25-23;/h1-13,27H,14-17H2,(H2,24,25,26);1H. The zero-order chi connectivity index (χ0) is 20.8. The normalized spacial score (nSPS) is 13.0. The molecule has 0 aliphatic carbocycles. The van der Waals surface area contributed by atoms with Crippen molar-refractivity contribution in [3.63, 3.8) is 0 Å². The molecule has 6 nitrogen and oxygen atoms in total. The maximum absolute atomic E-state index is 12.4. The summed E-state index contributed by atoms with van der Waals surface area (Å²) in [5.74, 6) is 0.769. The summed E-state index contributed by atoms with van der Waals surface area (Å²) >= 11 is 0. The van der Waals surface area contributed by atoms with Gasteiger partial charge in [0.05, 0.1) is 12.3 Å². The van der Waals surface area contributed by atoms with Crippen molar-refractivity contribution in [2.75, 3.05) is 23.1 Å². The van der Waals surface area contributed by atoms with Crippen molar-refractivity contribution in [3.05, 3.63) is 95.6 Å². The van der Waals surface area contributed by atoms with E-state index in [4.69, 9.17) is 0 Å². The molecule has 0 spiro atoms. The second kappa shape index (κ2) is 10.3. The number of rotatable bonds is 7. The number of anilines is 2. The van der Waals surface area contributed by atoms with Gasteiger partial charge < -0.3 is 10.6 Å². The fraction of sp³-hybridized carbons (Fsp3) is 0.174. The Bertz CT molecular complexity index is 1120. The van der Waals surface area contributed by atoms with Crippen LogP contribution in [0.4, 0.5) is 11.4 Å². The molecule has 3 N–H and O–H groups in total. The third kappa shape index (κ3) is 6.73. The molecule has 0 saturated heterocycles. The Balaban J connectivity index is 0.00000272. The summed E-state index contributed by atoms with van der Waals surface area (Å²) < 4.78 is 27.4. The van der Waals surface area contributed by atoms with E-state index in [1.807, 2.05) is 42.5 Å². The predicted octanol–water partition coefficient (Wildman–Crippen LogP) is 4.01. The van der Waals surface area contributed by atoms with Crippen LogP contribution < -0.4 is 15.4 Å². The number of nitrogens with one attached hydrogen (secondary N) is 3. The number of hydrogen-bond acceptors (Lipinski definition) is 5. The van der Waals surface area contributed by atoms with Crippen LogP contribution in [0.5, 0.6) is 0 Å². The van der Waals surface area contributed by atoms with Gasteiger partial charge in [0.1, 0.15) is 0 Å². The maximum Gasteiger partial charge on any atom is 0.236 e. The van der Waals surface area contributed by atoms with E-state index in [2.05, 4.69) is 32.5 Å². The minimum Gasteiger partial charge on any atom is -0.354 e. The van der Waals surface area contributed by atoms with Crippen LogP contribution in [-0.4, -0.2) is 27.5 Å². The SMILES string of the molecule is Cl.O=S(=O)(Cc1ccccc1)Nc1ccc(Cc2ccc(NC3=NCCN3)cc2)cc1. The largest absolute Gasteiger partial charge is 0.354 e. The van der Waals surface area contributed by atoms with Crippen LogP contribution >= 0.6 is 12.4 Å². The molecule has 0 bridgehead atoms. The molecule has 0 fully saturated rings. The lowest BCUT2D eigenvalue weighted by Gasteiger charge is -2.10. The van der Waals surface area contributed by atoms with Gasteiger partial charge in [0, 0.05) is 17.9 Å². The average molecular weight is 457 g/mol. The molecule has 1 heterocycles. The van der Waals surface area contributed by atoms with Gasteiger partial charge in [0.25, 0.3) is 0 Å². The fourth-order valence-electron chi connectivity index (χ4n) is 3.26. The van der Waals surface area contributed by atoms with Crippen molar-refractivity contribution in [2.24, 2.45) is 4.99 Å². The van der Waals surface area contributed by atoms with E-state index in [1.165, 1.54) is 5.56 Å². The molecule has 0 radical (unpaired) electrons. The molecule has 31 heavy (non-hydrogen) atoms. The first-order chi connectivity index (χ1) is 14.6. The van der Waals surface area contributed by atoms with E-state index >= 15 is 0 Å². The van der Waals surface area contributed by atoms with Crippen LogP contribution in [0.15, 0.2) is 83.9 Å². The van der Waals surface area contributed by atoms with Gasteiger partial charge in [-0.15, -0.1) is 12.4 Å². The minimum absolute atomic E-state index is 0. The number of guanidine groups is 1. The molecule has 1 aliphatic heterocycles. The van der Waals surface area contributed by atoms with E-state index in [0.717, 1.165) is 42.3 Å². The molecule has 3 aromatic carbocycles. The van der Waals surface area contributed by atoms with E-state index in [-0.39, 0.29) is 18.2 Å². The molecule has 162 valence electrons. The summed E-state index contributed by atoms with van der Waals surface area (Å²) in [5, 5.41) is 6.44. The van der Waals surface area contributed by atoms with E-state index in [0.29, 0.717) is 5.69 Å². The molecule has 0 saturated carbocycles. The highest BCUT2D eigenvalue weighted by molar-refractivity contribution is 7.91. The van der Waals surface area contributed by atoms with Gasteiger partial charge in [-0.2, -0.15) is 0 Å². The Morgan fingerprint density at radius 2 is 1.42 bits per heavy atom. The van der Waals surface area contributed by atoms with Crippen LogP contribution in [0.2, 0.25) is 0 Å². The van der Waals surface area contributed by atoms with Gasteiger partial charge in [-0.25, -0.2) is 8.42 Å². The first-order valence-electron chi connectivity index (χ1n) is 9.83. The molecule has 0 amide bonds. The van der Waals surface area contributed by atoms with Crippen molar-refractivity contribution in [1.29, 1.82) is 0 Å². The average Bonchev–Trinajstić information content (AvgIpc) is 3.24. The molecule has 3 aromatic rings. The molecule has 0 aromatic heterocycles. The Morgan fingerprint density at radius 3 is 2.00 bits per heavy atom. The smallest absolute Gasteiger partial charge is 0.236 e. The summed E-state index contributed by atoms with van der Waals surface area (Å²) in [4.78, 5) is 4.32. The highest BCUT2D eigenvalue weighted by Crippen LogP contribution is 2.18. The lowest BCUT2D eigenvalue weighted by atomic mass is 10.0. The first-order valence-corrected chi connectivity index (χ1v) is 11.5. The Hall–Kier alpha value is -3.03. The number of aliphatic imine (C=N–C) groups is 1. The quantitative estimate of drug-likeness (QED) is 0.501. The lowest BCUT2D eigenvalue weighted by molar-refractivity contribution is 0.600. The minimum atomic E-state index is -3.45. The van der Waals surface area contributed by atoms with Crippen LogP contribution in [0.3, 0.4) is 0 Å². The summed E-state index contributed by atoms with van der Waals surface area (Å²) in [5.41, 5.74) is 4.62. The molecular formula is C23H25ClN4O2S. The van der Waals surface area contributed by atoms with Gasteiger partial charge in [0.15, 0.2) is 5.96 Å². The summed E-state index contributed by atoms with van der Waals surface area (Å²) in [6.45, 7) is 1.68. The topological polar surface area (TPSA) is 82.6 Å². The van der Waals surface area contributed by atoms with Gasteiger partial charge in [-0.3, -0.25) is 9.71 Å². The summed E-state index contributed by atoms with van der Waals surface area (Å²) in [6.07, 6.45) is 0.774. The van der Waals surface area contributed by atoms with E-state index in [9.17, 15) is 8.42 Å². The highest BCUT2D eigenvalue weighted by Gasteiger charge is 2.11. The van der Waals surface area contributed by atoms with Crippen molar-refractivity contribution < 1.29 is 8.42 Å².